The highest BCUT2D eigenvalue weighted by atomic mass is 19.1. The first-order valence-corrected chi connectivity index (χ1v) is 8.20. The summed E-state index contributed by atoms with van der Waals surface area (Å²) in [7, 11) is 0. The molecule has 2 aromatic rings. The van der Waals surface area contributed by atoms with Crippen LogP contribution >= 0.6 is 0 Å². The molecule has 0 aromatic heterocycles. The molecule has 0 saturated heterocycles. The Morgan fingerprint density at radius 3 is 2.12 bits per heavy atom. The molecule has 0 spiro atoms. The van der Waals surface area contributed by atoms with Crippen molar-refractivity contribution in [2.75, 3.05) is 13.1 Å². The fraction of sp³-hybridized carbons (Fsp3) is 0.316. The largest absolute Gasteiger partial charge is 0.387 e. The first-order valence-electron chi connectivity index (χ1n) is 8.20. The van der Waals surface area contributed by atoms with Gasteiger partial charge in [-0.2, -0.15) is 0 Å². The molecule has 0 heterocycles. The Morgan fingerprint density at radius 2 is 1.56 bits per heavy atom. The van der Waals surface area contributed by atoms with E-state index in [1.54, 1.807) is 12.1 Å². The molecule has 3 rings (SSSR count). The van der Waals surface area contributed by atoms with E-state index in [1.807, 2.05) is 0 Å². The maximum atomic E-state index is 13.0. The van der Waals surface area contributed by atoms with E-state index in [4.69, 9.17) is 0 Å². The molecular formula is C19H20F2N2O2. The number of urea groups is 1. The van der Waals surface area contributed by atoms with Crippen LogP contribution in [0, 0.1) is 11.6 Å². The molecule has 2 amide bonds. The van der Waals surface area contributed by atoms with E-state index >= 15 is 0 Å². The predicted molar refractivity (Wildman–Crippen MR) is 90.1 cm³/mol. The second-order valence-electron chi connectivity index (χ2n) is 6.42. The summed E-state index contributed by atoms with van der Waals surface area (Å²) in [6.45, 7) is 0.484. The van der Waals surface area contributed by atoms with E-state index in [-0.39, 0.29) is 29.6 Å². The lowest BCUT2D eigenvalue weighted by Crippen LogP contribution is -2.41. The summed E-state index contributed by atoms with van der Waals surface area (Å²) in [6.07, 6.45) is 0.979. The maximum Gasteiger partial charge on any atom is 0.314 e. The fourth-order valence-electron chi connectivity index (χ4n) is 2.83. The van der Waals surface area contributed by atoms with E-state index in [9.17, 15) is 18.7 Å². The smallest absolute Gasteiger partial charge is 0.314 e. The van der Waals surface area contributed by atoms with Crippen LogP contribution in [-0.4, -0.2) is 24.2 Å². The number of amides is 2. The van der Waals surface area contributed by atoms with E-state index < -0.39 is 6.10 Å². The van der Waals surface area contributed by atoms with E-state index in [0.29, 0.717) is 12.1 Å². The Morgan fingerprint density at radius 1 is 1.00 bits per heavy atom. The van der Waals surface area contributed by atoms with Gasteiger partial charge in [0.05, 0.1) is 6.10 Å². The van der Waals surface area contributed by atoms with Crippen LogP contribution in [0.3, 0.4) is 0 Å². The van der Waals surface area contributed by atoms with Crippen molar-refractivity contribution in [3.05, 3.63) is 71.3 Å². The number of hydrogen-bond donors (Lipinski definition) is 3. The van der Waals surface area contributed by atoms with Crippen molar-refractivity contribution in [3.63, 3.8) is 0 Å². The molecule has 132 valence electrons. The molecule has 25 heavy (non-hydrogen) atoms. The van der Waals surface area contributed by atoms with Crippen molar-refractivity contribution in [1.29, 1.82) is 0 Å². The summed E-state index contributed by atoms with van der Waals surface area (Å²) in [5.41, 5.74) is 1.42. The van der Waals surface area contributed by atoms with Gasteiger partial charge in [0.2, 0.25) is 0 Å². The van der Waals surface area contributed by atoms with Crippen LogP contribution in [0.15, 0.2) is 48.5 Å². The van der Waals surface area contributed by atoms with Crippen LogP contribution in [0.25, 0.3) is 0 Å². The van der Waals surface area contributed by atoms with Gasteiger partial charge in [0.1, 0.15) is 11.6 Å². The molecule has 1 atom stereocenters. The predicted octanol–water partition coefficient (Wildman–Crippen LogP) is 3.03. The molecule has 3 N–H and O–H groups in total. The van der Waals surface area contributed by atoms with Crippen LogP contribution in [0.4, 0.5) is 13.6 Å². The molecule has 0 aliphatic heterocycles. The third-order valence-electron chi connectivity index (χ3n) is 4.61. The minimum absolute atomic E-state index is 0.0288. The summed E-state index contributed by atoms with van der Waals surface area (Å²) in [5.74, 6) is -0.655. The molecule has 0 bridgehead atoms. The number of benzene rings is 2. The van der Waals surface area contributed by atoms with Crippen LogP contribution in [0.1, 0.15) is 30.1 Å². The molecule has 0 radical (unpaired) electrons. The molecule has 1 aliphatic rings. The van der Waals surface area contributed by atoms with Gasteiger partial charge in [0, 0.05) is 18.5 Å². The molecule has 1 aliphatic carbocycles. The van der Waals surface area contributed by atoms with E-state index in [0.717, 1.165) is 18.4 Å². The van der Waals surface area contributed by atoms with Crippen molar-refractivity contribution in [2.24, 2.45) is 0 Å². The van der Waals surface area contributed by atoms with Gasteiger partial charge in [-0.1, -0.05) is 24.3 Å². The summed E-state index contributed by atoms with van der Waals surface area (Å²) < 4.78 is 25.9. The minimum Gasteiger partial charge on any atom is -0.387 e. The standard InChI is InChI=1S/C19H20F2N2O2/c20-15-5-1-13(2-6-15)17(24)11-22-18(25)23-12-19(9-10-19)14-3-7-16(21)8-4-14/h1-8,17,24H,9-12H2,(H2,22,23,25). The molecule has 4 nitrogen and oxygen atoms in total. The maximum absolute atomic E-state index is 13.0. The molecule has 6 heteroatoms. The van der Waals surface area contributed by atoms with E-state index in [2.05, 4.69) is 10.6 Å². The average Bonchev–Trinajstić information content (AvgIpc) is 3.40. The van der Waals surface area contributed by atoms with Gasteiger partial charge < -0.3 is 15.7 Å². The number of carbonyl (C=O) groups excluding carboxylic acids is 1. The fourth-order valence-corrected chi connectivity index (χ4v) is 2.83. The SMILES string of the molecule is O=C(NCC(O)c1ccc(F)cc1)NCC1(c2ccc(F)cc2)CC1. The quantitative estimate of drug-likeness (QED) is 0.753. The Balaban J connectivity index is 1.46. The lowest BCUT2D eigenvalue weighted by atomic mass is 9.96. The second-order valence-corrected chi connectivity index (χ2v) is 6.42. The highest BCUT2D eigenvalue weighted by Crippen LogP contribution is 2.47. The molecule has 1 unspecified atom stereocenters. The zero-order valence-corrected chi connectivity index (χ0v) is 13.6. The summed E-state index contributed by atoms with van der Waals surface area (Å²) in [6, 6.07) is 11.5. The number of hydrogen-bond acceptors (Lipinski definition) is 2. The average molecular weight is 346 g/mol. The van der Waals surface area contributed by atoms with Crippen molar-refractivity contribution >= 4 is 6.03 Å². The van der Waals surface area contributed by atoms with E-state index in [1.165, 1.54) is 36.4 Å². The zero-order chi connectivity index (χ0) is 17.9. The highest BCUT2D eigenvalue weighted by Gasteiger charge is 2.44. The Bertz CT molecular complexity index is 728. The van der Waals surface area contributed by atoms with Gasteiger partial charge in [-0.25, -0.2) is 13.6 Å². The van der Waals surface area contributed by atoms with Crippen LogP contribution in [0.5, 0.6) is 0 Å². The van der Waals surface area contributed by atoms with Crippen molar-refractivity contribution in [3.8, 4) is 0 Å². The van der Waals surface area contributed by atoms with Gasteiger partial charge in [-0.05, 0) is 48.2 Å². The number of carbonyl (C=O) groups is 1. The van der Waals surface area contributed by atoms with Crippen molar-refractivity contribution in [1.82, 2.24) is 10.6 Å². The third kappa shape index (κ3) is 4.33. The lowest BCUT2D eigenvalue weighted by Gasteiger charge is -2.18. The Labute approximate surface area is 144 Å². The van der Waals surface area contributed by atoms with Crippen LogP contribution in [-0.2, 0) is 5.41 Å². The molecular weight excluding hydrogens is 326 g/mol. The van der Waals surface area contributed by atoms with Crippen molar-refractivity contribution < 1.29 is 18.7 Å². The first kappa shape index (κ1) is 17.4. The van der Waals surface area contributed by atoms with Gasteiger partial charge in [0.15, 0.2) is 0 Å². The summed E-state index contributed by atoms with van der Waals surface area (Å²) in [5, 5.41) is 15.4. The summed E-state index contributed by atoms with van der Waals surface area (Å²) in [4.78, 5) is 11.9. The van der Waals surface area contributed by atoms with Gasteiger partial charge in [-0.3, -0.25) is 0 Å². The normalized spacial score (nSPS) is 16.1. The van der Waals surface area contributed by atoms with Gasteiger partial charge >= 0.3 is 6.03 Å². The minimum atomic E-state index is -0.904. The van der Waals surface area contributed by atoms with Crippen LogP contribution in [0.2, 0.25) is 0 Å². The summed E-state index contributed by atoms with van der Waals surface area (Å²) >= 11 is 0. The second kappa shape index (κ2) is 7.19. The molecule has 2 aromatic carbocycles. The third-order valence-corrected chi connectivity index (χ3v) is 4.61. The molecule has 1 saturated carbocycles. The Kier molecular flexibility index (Phi) is 4.99. The number of aliphatic hydroxyl groups excluding tert-OH is 1. The van der Waals surface area contributed by atoms with Crippen LogP contribution < -0.4 is 10.6 Å². The highest BCUT2D eigenvalue weighted by molar-refractivity contribution is 5.74. The topological polar surface area (TPSA) is 61.4 Å². The van der Waals surface area contributed by atoms with Gasteiger partial charge in [0.25, 0.3) is 0 Å². The lowest BCUT2D eigenvalue weighted by molar-refractivity contribution is 0.173. The first-order chi connectivity index (χ1) is 12.0. The molecule has 1 fully saturated rings. The zero-order valence-electron chi connectivity index (χ0n) is 13.6. The Hall–Kier alpha value is -2.47. The number of nitrogens with one attached hydrogen (secondary N) is 2. The van der Waals surface area contributed by atoms with Gasteiger partial charge in [-0.15, -0.1) is 0 Å². The number of aliphatic hydroxyl groups is 1. The number of halogens is 2. The number of rotatable bonds is 6. The monoisotopic (exact) mass is 346 g/mol. The van der Waals surface area contributed by atoms with Crippen molar-refractivity contribution in [2.45, 2.75) is 24.4 Å².